The number of halogens is 1. The van der Waals surface area contributed by atoms with E-state index in [1.54, 1.807) is 30.6 Å². The maximum atomic E-state index is 14.9. The first kappa shape index (κ1) is 19.6. The van der Waals surface area contributed by atoms with Gasteiger partial charge in [0, 0.05) is 36.7 Å². The summed E-state index contributed by atoms with van der Waals surface area (Å²) >= 11 is 0. The summed E-state index contributed by atoms with van der Waals surface area (Å²) in [6, 6.07) is 10.4. The molecule has 2 bridgehead atoms. The summed E-state index contributed by atoms with van der Waals surface area (Å²) in [5, 5.41) is 3.51. The van der Waals surface area contributed by atoms with Crippen LogP contribution in [0.5, 0.6) is 0 Å². The molecule has 31 heavy (non-hydrogen) atoms. The van der Waals surface area contributed by atoms with Crippen molar-refractivity contribution in [1.82, 2.24) is 19.9 Å². The lowest BCUT2D eigenvalue weighted by Gasteiger charge is -2.50. The van der Waals surface area contributed by atoms with E-state index in [1.165, 1.54) is 6.07 Å². The van der Waals surface area contributed by atoms with Gasteiger partial charge in [0.25, 0.3) is 5.91 Å². The number of aryl methyl sites for hydroxylation is 1. The molecule has 0 unspecified atom stereocenters. The van der Waals surface area contributed by atoms with Crippen molar-refractivity contribution in [2.75, 3.05) is 11.9 Å². The van der Waals surface area contributed by atoms with Gasteiger partial charge in [-0.15, -0.1) is 0 Å². The highest BCUT2D eigenvalue weighted by molar-refractivity contribution is 6.00. The molecule has 3 fully saturated rings. The molecule has 3 aliphatic rings. The Kier molecular flexibility index (Phi) is 5.10. The van der Waals surface area contributed by atoms with Gasteiger partial charge in [0.15, 0.2) is 5.82 Å². The summed E-state index contributed by atoms with van der Waals surface area (Å²) in [4.78, 5) is 28.4. The van der Waals surface area contributed by atoms with Crippen LogP contribution in [0.1, 0.15) is 35.2 Å². The summed E-state index contributed by atoms with van der Waals surface area (Å²) in [6.45, 7) is 2.65. The molecule has 0 radical (unpaired) electrons. The smallest absolute Gasteiger partial charge is 0.257 e. The van der Waals surface area contributed by atoms with Gasteiger partial charge in [0.05, 0.1) is 11.6 Å². The van der Waals surface area contributed by atoms with Crippen LogP contribution >= 0.6 is 0 Å². The number of pyridine rings is 1. The van der Waals surface area contributed by atoms with Gasteiger partial charge in [-0.25, -0.2) is 19.3 Å². The molecule has 2 aliphatic heterocycles. The fraction of sp³-hybridized carbons (Fsp3) is 0.333. The number of hydrogen-bond acceptors (Lipinski definition) is 5. The Hall–Kier alpha value is -3.35. The molecule has 6 nitrogen and oxygen atoms in total. The van der Waals surface area contributed by atoms with Crippen LogP contribution in [0.15, 0.2) is 55.0 Å². The second-order valence-electron chi connectivity index (χ2n) is 8.41. The number of nitrogens with zero attached hydrogens (tertiary/aromatic N) is 4. The fourth-order valence-corrected chi connectivity index (χ4v) is 4.84. The monoisotopic (exact) mass is 417 g/mol. The van der Waals surface area contributed by atoms with Crippen LogP contribution in [0.4, 0.5) is 10.2 Å². The number of carbonyl (C=O) groups is 1. The van der Waals surface area contributed by atoms with Crippen molar-refractivity contribution in [2.45, 2.75) is 38.3 Å². The van der Waals surface area contributed by atoms with Crippen molar-refractivity contribution < 1.29 is 9.18 Å². The molecule has 4 heterocycles. The number of hydrogen-bond donors (Lipinski definition) is 1. The molecule has 2 saturated heterocycles. The number of benzene rings is 1. The average molecular weight is 417 g/mol. The Morgan fingerprint density at radius 3 is 2.68 bits per heavy atom. The Labute approximate surface area is 180 Å². The zero-order chi connectivity index (χ0) is 21.4. The maximum absolute atomic E-state index is 14.9. The van der Waals surface area contributed by atoms with Gasteiger partial charge in [-0.3, -0.25) is 4.79 Å². The minimum absolute atomic E-state index is 0.00949. The molecule has 3 atom stereocenters. The van der Waals surface area contributed by atoms with Gasteiger partial charge in [0.2, 0.25) is 0 Å². The largest absolute Gasteiger partial charge is 0.365 e. The fourth-order valence-electron chi connectivity index (χ4n) is 4.84. The van der Waals surface area contributed by atoms with Crippen molar-refractivity contribution in [1.29, 1.82) is 0 Å². The van der Waals surface area contributed by atoms with E-state index in [0.29, 0.717) is 23.9 Å². The Morgan fingerprint density at radius 2 is 1.94 bits per heavy atom. The molecule has 1 N–H and O–H groups in total. The van der Waals surface area contributed by atoms with Crippen molar-refractivity contribution in [2.24, 2.45) is 5.92 Å². The highest BCUT2D eigenvalue weighted by Crippen LogP contribution is 2.38. The lowest BCUT2D eigenvalue weighted by atomic mass is 9.76. The molecule has 0 spiro atoms. The number of nitrogens with one attached hydrogen (secondary N) is 1. The summed E-state index contributed by atoms with van der Waals surface area (Å²) in [7, 11) is 0. The van der Waals surface area contributed by atoms with Gasteiger partial charge in [0.1, 0.15) is 11.6 Å². The predicted octanol–water partition coefficient (Wildman–Crippen LogP) is 4.09. The zero-order valence-corrected chi connectivity index (χ0v) is 17.3. The number of aromatic nitrogens is 3. The van der Waals surface area contributed by atoms with Gasteiger partial charge >= 0.3 is 0 Å². The number of carbonyl (C=O) groups excluding carboxylic acids is 1. The maximum Gasteiger partial charge on any atom is 0.257 e. The number of piperidine rings is 2. The second-order valence-corrected chi connectivity index (χ2v) is 8.41. The molecule has 158 valence electrons. The minimum atomic E-state index is -0.541. The number of anilines is 1. The van der Waals surface area contributed by atoms with Crippen LogP contribution in [0, 0.1) is 18.7 Å². The molecule has 6 rings (SSSR count). The molecule has 1 amide bonds. The Balaban J connectivity index is 1.45. The number of fused-ring (bicyclic) bond motifs is 3. The van der Waals surface area contributed by atoms with Crippen LogP contribution in [-0.2, 0) is 0 Å². The molecule has 2 aromatic heterocycles. The predicted molar refractivity (Wildman–Crippen MR) is 116 cm³/mol. The van der Waals surface area contributed by atoms with Gasteiger partial charge in [-0.1, -0.05) is 18.2 Å². The van der Waals surface area contributed by atoms with Crippen molar-refractivity contribution in [3.63, 3.8) is 0 Å². The lowest BCUT2D eigenvalue weighted by Crippen LogP contribution is -2.60. The standard InChI is InChI=1S/C24H24FN5O/c1-15-6-9-21(28-13-15)29-19-12-16-7-8-20(19)30(14-16)24(31)22-17(4-2-5-18(22)25)23-26-10-3-11-27-23/h2-6,9-11,13,16,19-20H,7-8,12,14H2,1H3,(H,28,29)/t16-,19-,20+/m1/s1. The van der Waals surface area contributed by atoms with Crippen LogP contribution in [-0.4, -0.2) is 44.4 Å². The first-order valence-electron chi connectivity index (χ1n) is 10.7. The van der Waals surface area contributed by atoms with E-state index in [1.807, 2.05) is 30.2 Å². The Bertz CT molecular complexity index is 1090. The minimum Gasteiger partial charge on any atom is -0.365 e. The van der Waals surface area contributed by atoms with Crippen molar-refractivity contribution in [3.8, 4) is 11.4 Å². The second kappa shape index (κ2) is 8.06. The molecular formula is C24H24FN5O. The van der Waals surface area contributed by atoms with E-state index < -0.39 is 5.82 Å². The van der Waals surface area contributed by atoms with Crippen LogP contribution in [0.2, 0.25) is 0 Å². The van der Waals surface area contributed by atoms with Gasteiger partial charge in [-0.05, 0) is 55.9 Å². The van der Waals surface area contributed by atoms with Gasteiger partial charge < -0.3 is 10.2 Å². The van der Waals surface area contributed by atoms with Crippen LogP contribution in [0.3, 0.4) is 0 Å². The van der Waals surface area contributed by atoms with E-state index in [4.69, 9.17) is 0 Å². The topological polar surface area (TPSA) is 71.0 Å². The molecule has 3 aromatic rings. The first-order chi connectivity index (χ1) is 15.1. The highest BCUT2D eigenvalue weighted by atomic mass is 19.1. The van der Waals surface area contributed by atoms with Crippen LogP contribution < -0.4 is 5.32 Å². The third-order valence-corrected chi connectivity index (χ3v) is 6.32. The third kappa shape index (κ3) is 3.76. The third-order valence-electron chi connectivity index (χ3n) is 6.32. The lowest BCUT2D eigenvalue weighted by molar-refractivity contribution is 0.0278. The van der Waals surface area contributed by atoms with Gasteiger partial charge in [-0.2, -0.15) is 0 Å². The summed E-state index contributed by atoms with van der Waals surface area (Å²) in [5.74, 6) is 0.714. The van der Waals surface area contributed by atoms with Crippen LogP contribution in [0.25, 0.3) is 11.4 Å². The van der Waals surface area contributed by atoms with E-state index >= 15 is 0 Å². The molecule has 1 saturated carbocycles. The van der Waals surface area contributed by atoms with Crippen molar-refractivity contribution >= 4 is 11.7 Å². The number of amides is 1. The number of rotatable bonds is 4. The normalized spacial score (nSPS) is 22.4. The summed E-state index contributed by atoms with van der Waals surface area (Å²) < 4.78 is 14.9. The molecule has 1 aromatic carbocycles. The van der Waals surface area contributed by atoms with Crippen molar-refractivity contribution in [3.05, 3.63) is 71.9 Å². The summed E-state index contributed by atoms with van der Waals surface area (Å²) in [6.07, 6.45) is 7.98. The zero-order valence-electron chi connectivity index (χ0n) is 17.3. The molecule has 7 heteroatoms. The molecular weight excluding hydrogens is 393 g/mol. The molecule has 1 aliphatic carbocycles. The quantitative estimate of drug-likeness (QED) is 0.692. The van der Waals surface area contributed by atoms with E-state index in [-0.39, 0.29) is 23.6 Å². The highest BCUT2D eigenvalue weighted by Gasteiger charge is 2.44. The van der Waals surface area contributed by atoms with E-state index in [9.17, 15) is 9.18 Å². The van der Waals surface area contributed by atoms with E-state index in [2.05, 4.69) is 20.3 Å². The average Bonchev–Trinajstić information content (AvgIpc) is 2.81. The Morgan fingerprint density at radius 1 is 1.10 bits per heavy atom. The first-order valence-corrected chi connectivity index (χ1v) is 10.7. The SMILES string of the molecule is Cc1ccc(N[C@@H]2C[C@H]3CC[C@@H]2N(C(=O)c2c(F)cccc2-c2ncccn2)C3)nc1. The summed E-state index contributed by atoms with van der Waals surface area (Å²) in [5.41, 5.74) is 1.58. The van der Waals surface area contributed by atoms with E-state index in [0.717, 1.165) is 30.6 Å².